The van der Waals surface area contributed by atoms with Gasteiger partial charge >= 0.3 is 6.03 Å². The molecule has 2 aromatic rings. The third-order valence-electron chi connectivity index (χ3n) is 3.26. The fourth-order valence-electron chi connectivity index (χ4n) is 2.18. The van der Waals surface area contributed by atoms with Gasteiger partial charge in [0.2, 0.25) is 5.95 Å². The van der Waals surface area contributed by atoms with Crippen LogP contribution in [0, 0.1) is 6.92 Å². The number of hydrogen-bond acceptors (Lipinski definition) is 5. The average molecular weight is 303 g/mol. The second-order valence-corrected chi connectivity index (χ2v) is 6.11. The van der Waals surface area contributed by atoms with Crippen molar-refractivity contribution in [1.29, 1.82) is 0 Å². The van der Waals surface area contributed by atoms with Gasteiger partial charge in [-0.25, -0.2) is 14.8 Å². The minimum absolute atomic E-state index is 0.000491. The molecule has 0 unspecified atom stereocenters. The summed E-state index contributed by atoms with van der Waals surface area (Å²) in [7, 11) is 0. The Balaban J connectivity index is 1.60. The Hall–Kier alpha value is -2.15. The van der Waals surface area contributed by atoms with Crippen LogP contribution < -0.4 is 10.6 Å². The Bertz CT molecular complexity index is 642. The summed E-state index contributed by atoms with van der Waals surface area (Å²) in [5, 5.41) is 5.95. The summed E-state index contributed by atoms with van der Waals surface area (Å²) in [6.07, 6.45) is 1.75. The van der Waals surface area contributed by atoms with E-state index in [1.807, 2.05) is 6.07 Å². The molecule has 0 radical (unpaired) electrons. The lowest BCUT2D eigenvalue weighted by Crippen LogP contribution is -2.32. The molecular weight excluding hydrogens is 286 g/mol. The predicted octanol–water partition coefficient (Wildman–Crippen LogP) is 1.95. The maximum Gasteiger partial charge on any atom is 0.317 e. The van der Waals surface area contributed by atoms with Crippen molar-refractivity contribution in [2.24, 2.45) is 0 Å². The topological polar surface area (TPSA) is 70.2 Å². The zero-order valence-corrected chi connectivity index (χ0v) is 12.6. The molecule has 1 fully saturated rings. The first-order valence-corrected chi connectivity index (χ1v) is 7.70. The van der Waals surface area contributed by atoms with Crippen molar-refractivity contribution in [1.82, 2.24) is 20.2 Å². The Morgan fingerprint density at radius 1 is 1.43 bits per heavy atom. The third kappa shape index (κ3) is 3.30. The number of urea groups is 1. The van der Waals surface area contributed by atoms with Crippen LogP contribution in [0.15, 0.2) is 24.4 Å². The number of thiophene rings is 1. The molecular formula is C14H17N5OS. The Morgan fingerprint density at radius 2 is 2.33 bits per heavy atom. The van der Waals surface area contributed by atoms with Gasteiger partial charge in [0.1, 0.15) is 0 Å². The monoisotopic (exact) mass is 303 g/mol. The van der Waals surface area contributed by atoms with Crippen LogP contribution in [0.4, 0.5) is 10.7 Å². The molecule has 2 aromatic heterocycles. The van der Waals surface area contributed by atoms with E-state index in [0.29, 0.717) is 19.0 Å². The molecule has 2 amide bonds. The molecule has 1 saturated heterocycles. The lowest BCUT2D eigenvalue weighted by atomic mass is 10.3. The number of anilines is 1. The van der Waals surface area contributed by atoms with Gasteiger partial charge in [0.15, 0.2) is 0 Å². The first-order chi connectivity index (χ1) is 10.2. The van der Waals surface area contributed by atoms with E-state index < -0.39 is 0 Å². The maximum atomic E-state index is 11.4. The number of carbonyl (C=O) groups excluding carboxylic acids is 1. The number of rotatable bonds is 5. The number of nitrogens with zero attached hydrogens (tertiary/aromatic N) is 3. The standard InChI is InChI=1S/C14H17N5OS/c1-10-2-3-12(21-10)11-4-5-15-13(18-11)16-6-8-19-9-7-17-14(19)20/h2-5H,6-9H2,1H3,(H,17,20)(H,15,16,18). The molecule has 6 nitrogen and oxygen atoms in total. The minimum Gasteiger partial charge on any atom is -0.352 e. The number of nitrogens with one attached hydrogen (secondary N) is 2. The molecule has 2 N–H and O–H groups in total. The van der Waals surface area contributed by atoms with Crippen molar-refractivity contribution in [3.05, 3.63) is 29.3 Å². The van der Waals surface area contributed by atoms with Crippen LogP contribution in [0.2, 0.25) is 0 Å². The molecule has 7 heteroatoms. The molecule has 0 atom stereocenters. The van der Waals surface area contributed by atoms with E-state index in [9.17, 15) is 4.79 Å². The van der Waals surface area contributed by atoms with Crippen molar-refractivity contribution >= 4 is 23.3 Å². The van der Waals surface area contributed by atoms with Gasteiger partial charge in [-0.15, -0.1) is 11.3 Å². The molecule has 0 aromatic carbocycles. The van der Waals surface area contributed by atoms with Crippen LogP contribution >= 0.6 is 11.3 Å². The van der Waals surface area contributed by atoms with Crippen LogP contribution in [0.1, 0.15) is 4.88 Å². The van der Waals surface area contributed by atoms with E-state index in [2.05, 4.69) is 39.7 Å². The summed E-state index contributed by atoms with van der Waals surface area (Å²) in [6, 6.07) is 6.06. The molecule has 1 aliphatic heterocycles. The highest BCUT2D eigenvalue weighted by Crippen LogP contribution is 2.26. The Labute approximate surface area is 127 Å². The molecule has 21 heavy (non-hydrogen) atoms. The fourth-order valence-corrected chi connectivity index (χ4v) is 3.02. The predicted molar refractivity (Wildman–Crippen MR) is 83.5 cm³/mol. The Morgan fingerprint density at radius 3 is 3.05 bits per heavy atom. The third-order valence-corrected chi connectivity index (χ3v) is 4.28. The SMILES string of the molecule is Cc1ccc(-c2ccnc(NCCN3CCNC3=O)n2)s1. The van der Waals surface area contributed by atoms with Gasteiger partial charge in [0, 0.05) is 37.3 Å². The van der Waals surface area contributed by atoms with E-state index in [-0.39, 0.29) is 6.03 Å². The quantitative estimate of drug-likeness (QED) is 0.886. The number of aromatic nitrogens is 2. The number of aryl methyl sites for hydroxylation is 1. The molecule has 0 spiro atoms. The normalized spacial score (nSPS) is 14.3. The summed E-state index contributed by atoms with van der Waals surface area (Å²) in [6.45, 7) is 4.85. The van der Waals surface area contributed by atoms with E-state index in [0.717, 1.165) is 23.7 Å². The highest BCUT2D eigenvalue weighted by atomic mass is 32.1. The largest absolute Gasteiger partial charge is 0.352 e. The minimum atomic E-state index is 0.000491. The highest BCUT2D eigenvalue weighted by molar-refractivity contribution is 7.15. The van der Waals surface area contributed by atoms with Crippen LogP contribution in [-0.4, -0.2) is 47.1 Å². The van der Waals surface area contributed by atoms with Gasteiger partial charge in [-0.05, 0) is 25.1 Å². The summed E-state index contributed by atoms with van der Waals surface area (Å²) >= 11 is 1.71. The van der Waals surface area contributed by atoms with E-state index in [1.54, 1.807) is 22.4 Å². The van der Waals surface area contributed by atoms with Crippen LogP contribution in [0.3, 0.4) is 0 Å². The highest BCUT2D eigenvalue weighted by Gasteiger charge is 2.18. The van der Waals surface area contributed by atoms with Crippen LogP contribution in [0.25, 0.3) is 10.6 Å². The molecule has 3 rings (SSSR count). The van der Waals surface area contributed by atoms with Gasteiger partial charge in [-0.1, -0.05) is 0 Å². The second kappa shape index (κ2) is 6.09. The lowest BCUT2D eigenvalue weighted by Gasteiger charge is -2.14. The summed E-state index contributed by atoms with van der Waals surface area (Å²) in [5.74, 6) is 0.596. The summed E-state index contributed by atoms with van der Waals surface area (Å²) in [5.41, 5.74) is 0.921. The van der Waals surface area contributed by atoms with Crippen molar-refractivity contribution in [3.63, 3.8) is 0 Å². The number of amides is 2. The zero-order valence-electron chi connectivity index (χ0n) is 11.8. The first kappa shape index (κ1) is 13.8. The van der Waals surface area contributed by atoms with E-state index in [4.69, 9.17) is 0 Å². The second-order valence-electron chi connectivity index (χ2n) is 4.82. The van der Waals surface area contributed by atoms with Crippen molar-refractivity contribution in [2.75, 3.05) is 31.5 Å². The molecule has 0 aliphatic carbocycles. The summed E-state index contributed by atoms with van der Waals surface area (Å²) in [4.78, 5) is 24.3. The lowest BCUT2D eigenvalue weighted by molar-refractivity contribution is 0.219. The van der Waals surface area contributed by atoms with Gasteiger partial charge in [0.05, 0.1) is 10.6 Å². The smallest absolute Gasteiger partial charge is 0.317 e. The average Bonchev–Trinajstić information content (AvgIpc) is 3.09. The van der Waals surface area contributed by atoms with Crippen LogP contribution in [-0.2, 0) is 0 Å². The zero-order chi connectivity index (χ0) is 14.7. The van der Waals surface area contributed by atoms with Crippen molar-refractivity contribution in [3.8, 4) is 10.6 Å². The number of carbonyl (C=O) groups is 1. The fraction of sp³-hybridized carbons (Fsp3) is 0.357. The van der Waals surface area contributed by atoms with Crippen LogP contribution in [0.5, 0.6) is 0 Å². The first-order valence-electron chi connectivity index (χ1n) is 6.89. The van der Waals surface area contributed by atoms with E-state index in [1.165, 1.54) is 4.88 Å². The molecule has 3 heterocycles. The Kier molecular flexibility index (Phi) is 4.01. The molecule has 110 valence electrons. The molecule has 0 bridgehead atoms. The van der Waals surface area contributed by atoms with Crippen molar-refractivity contribution < 1.29 is 4.79 Å². The van der Waals surface area contributed by atoms with Gasteiger partial charge in [-0.2, -0.15) is 0 Å². The van der Waals surface area contributed by atoms with Gasteiger partial charge in [-0.3, -0.25) is 0 Å². The number of hydrogen-bond donors (Lipinski definition) is 2. The molecule has 1 aliphatic rings. The van der Waals surface area contributed by atoms with Gasteiger partial charge < -0.3 is 15.5 Å². The van der Waals surface area contributed by atoms with Gasteiger partial charge in [0.25, 0.3) is 0 Å². The van der Waals surface area contributed by atoms with Crippen molar-refractivity contribution in [2.45, 2.75) is 6.92 Å². The maximum absolute atomic E-state index is 11.4. The summed E-state index contributed by atoms with van der Waals surface area (Å²) < 4.78 is 0. The van der Waals surface area contributed by atoms with E-state index >= 15 is 0 Å². The molecule has 0 saturated carbocycles.